The fraction of sp³-hybridized carbons (Fsp3) is 0.357. The second-order valence-electron chi connectivity index (χ2n) is 4.34. The van der Waals surface area contributed by atoms with Gasteiger partial charge in [-0.1, -0.05) is 34.6 Å². The van der Waals surface area contributed by atoms with Crippen LogP contribution >= 0.6 is 27.7 Å². The van der Waals surface area contributed by atoms with E-state index >= 15 is 0 Å². The Hall–Kier alpha value is -1.34. The molecule has 1 N–H and O–H groups in total. The van der Waals surface area contributed by atoms with Gasteiger partial charge < -0.3 is 9.88 Å². The first kappa shape index (κ1) is 16.0. The van der Waals surface area contributed by atoms with Crippen LogP contribution in [0.15, 0.2) is 33.9 Å². The van der Waals surface area contributed by atoms with Gasteiger partial charge >= 0.3 is 0 Å². The van der Waals surface area contributed by atoms with Crippen molar-refractivity contribution in [3.63, 3.8) is 0 Å². The van der Waals surface area contributed by atoms with E-state index in [0.29, 0.717) is 5.75 Å². The van der Waals surface area contributed by atoms with Crippen LogP contribution in [0.1, 0.15) is 19.7 Å². The zero-order valence-electron chi connectivity index (χ0n) is 12.0. The second kappa shape index (κ2) is 7.61. The van der Waals surface area contributed by atoms with Crippen LogP contribution in [0.3, 0.4) is 0 Å². The van der Waals surface area contributed by atoms with E-state index in [2.05, 4.69) is 38.4 Å². The number of carbonyl (C=O) groups is 1. The van der Waals surface area contributed by atoms with Gasteiger partial charge in [-0.25, -0.2) is 0 Å². The van der Waals surface area contributed by atoms with Gasteiger partial charge in [-0.15, -0.1) is 10.2 Å². The lowest BCUT2D eigenvalue weighted by Crippen LogP contribution is -2.14. The first-order valence-corrected chi connectivity index (χ1v) is 8.52. The molecule has 0 spiro atoms. The average Bonchev–Trinajstić information content (AvgIpc) is 2.89. The molecule has 1 aromatic carbocycles. The predicted molar refractivity (Wildman–Crippen MR) is 88.6 cm³/mol. The van der Waals surface area contributed by atoms with Crippen LogP contribution in [0.4, 0.5) is 5.69 Å². The molecule has 0 fully saturated rings. The smallest absolute Gasteiger partial charge is 0.234 e. The number of hydrogen-bond donors (Lipinski definition) is 1. The number of carbonyl (C=O) groups excluding carboxylic acids is 1. The summed E-state index contributed by atoms with van der Waals surface area (Å²) < 4.78 is 3.02. The largest absolute Gasteiger partial charge is 0.325 e. The normalized spacial score (nSPS) is 10.6. The molecule has 2 rings (SSSR count). The minimum absolute atomic E-state index is 0.0500. The van der Waals surface area contributed by atoms with Crippen LogP contribution in [0.5, 0.6) is 0 Å². The van der Waals surface area contributed by atoms with E-state index in [1.807, 2.05) is 35.8 Å². The lowest BCUT2D eigenvalue weighted by Gasteiger charge is -2.07. The minimum Gasteiger partial charge on any atom is -0.325 e. The second-order valence-corrected chi connectivity index (χ2v) is 6.20. The summed E-state index contributed by atoms with van der Waals surface area (Å²) in [5.41, 5.74) is 0.787. The van der Waals surface area contributed by atoms with Gasteiger partial charge in [0.25, 0.3) is 0 Å². The van der Waals surface area contributed by atoms with Crippen molar-refractivity contribution < 1.29 is 4.79 Å². The van der Waals surface area contributed by atoms with Crippen molar-refractivity contribution in [3.8, 4) is 0 Å². The molecule has 0 aliphatic rings. The Morgan fingerprint density at radius 1 is 1.29 bits per heavy atom. The summed E-state index contributed by atoms with van der Waals surface area (Å²) in [5.74, 6) is 1.22. The number of benzene rings is 1. The Bertz CT molecular complexity index is 612. The van der Waals surface area contributed by atoms with Gasteiger partial charge in [0.05, 0.1) is 5.75 Å². The molecule has 1 amide bonds. The molecule has 0 unspecified atom stereocenters. The van der Waals surface area contributed by atoms with Crippen LogP contribution in [-0.4, -0.2) is 26.4 Å². The highest BCUT2D eigenvalue weighted by molar-refractivity contribution is 9.10. The summed E-state index contributed by atoms with van der Waals surface area (Å²) in [5, 5.41) is 11.9. The molecule has 0 saturated heterocycles. The standard InChI is InChI=1S/C14H17BrN4OS/c1-3-12-17-18-14(19(12)4-2)21-9-13(20)16-11-7-5-10(15)6-8-11/h5-8H,3-4,9H2,1-2H3,(H,16,20). The number of halogens is 1. The zero-order chi connectivity index (χ0) is 15.2. The van der Waals surface area contributed by atoms with Gasteiger partial charge in [0.2, 0.25) is 5.91 Å². The molecule has 7 heteroatoms. The van der Waals surface area contributed by atoms with Crippen molar-refractivity contribution in [1.29, 1.82) is 0 Å². The molecule has 0 atom stereocenters. The number of aromatic nitrogens is 3. The highest BCUT2D eigenvalue weighted by atomic mass is 79.9. The number of nitrogens with one attached hydrogen (secondary N) is 1. The Kier molecular flexibility index (Phi) is 5.81. The van der Waals surface area contributed by atoms with Crippen LogP contribution in [-0.2, 0) is 17.8 Å². The van der Waals surface area contributed by atoms with E-state index in [9.17, 15) is 4.79 Å². The van der Waals surface area contributed by atoms with E-state index in [0.717, 1.165) is 34.1 Å². The quantitative estimate of drug-likeness (QED) is 0.794. The third-order valence-corrected chi connectivity index (χ3v) is 4.38. The molecule has 21 heavy (non-hydrogen) atoms. The zero-order valence-corrected chi connectivity index (χ0v) is 14.4. The molecule has 2 aromatic rings. The van der Waals surface area contributed by atoms with Gasteiger partial charge in [-0.3, -0.25) is 4.79 Å². The van der Waals surface area contributed by atoms with E-state index < -0.39 is 0 Å². The van der Waals surface area contributed by atoms with Crippen LogP contribution in [0, 0.1) is 0 Å². The summed E-state index contributed by atoms with van der Waals surface area (Å²) >= 11 is 4.77. The summed E-state index contributed by atoms with van der Waals surface area (Å²) in [6.07, 6.45) is 0.840. The van der Waals surface area contributed by atoms with E-state index in [-0.39, 0.29) is 5.91 Å². The Morgan fingerprint density at radius 3 is 2.62 bits per heavy atom. The van der Waals surface area contributed by atoms with E-state index in [1.54, 1.807) is 0 Å². The lowest BCUT2D eigenvalue weighted by molar-refractivity contribution is -0.113. The van der Waals surface area contributed by atoms with Crippen molar-refractivity contribution in [2.45, 2.75) is 32.0 Å². The van der Waals surface area contributed by atoms with E-state index in [1.165, 1.54) is 11.8 Å². The van der Waals surface area contributed by atoms with Gasteiger partial charge in [-0.2, -0.15) is 0 Å². The summed E-state index contributed by atoms with van der Waals surface area (Å²) in [4.78, 5) is 11.9. The maximum absolute atomic E-state index is 11.9. The maximum Gasteiger partial charge on any atom is 0.234 e. The minimum atomic E-state index is -0.0500. The lowest BCUT2D eigenvalue weighted by atomic mass is 10.3. The highest BCUT2D eigenvalue weighted by Gasteiger charge is 2.11. The molecule has 1 aromatic heterocycles. The molecule has 1 heterocycles. The topological polar surface area (TPSA) is 59.8 Å². The molecular formula is C14H17BrN4OS. The molecule has 0 bridgehead atoms. The van der Waals surface area contributed by atoms with Crippen molar-refractivity contribution in [2.24, 2.45) is 0 Å². The van der Waals surface area contributed by atoms with Crippen molar-refractivity contribution in [2.75, 3.05) is 11.1 Å². The average molecular weight is 369 g/mol. The SMILES string of the molecule is CCc1nnc(SCC(=O)Nc2ccc(Br)cc2)n1CC. The summed E-state index contributed by atoms with van der Waals surface area (Å²) in [6, 6.07) is 7.50. The number of hydrogen-bond acceptors (Lipinski definition) is 4. The molecule has 5 nitrogen and oxygen atoms in total. The fourth-order valence-electron chi connectivity index (χ4n) is 1.87. The van der Waals surface area contributed by atoms with Crippen molar-refractivity contribution in [1.82, 2.24) is 14.8 Å². The Balaban J connectivity index is 1.92. The molecule has 0 radical (unpaired) electrons. The first-order chi connectivity index (χ1) is 10.1. The third kappa shape index (κ3) is 4.31. The first-order valence-electron chi connectivity index (χ1n) is 6.74. The number of amides is 1. The Labute approximate surface area is 136 Å². The number of rotatable bonds is 6. The number of nitrogens with zero attached hydrogens (tertiary/aromatic N) is 3. The van der Waals surface area contributed by atoms with Crippen molar-refractivity contribution in [3.05, 3.63) is 34.6 Å². The number of aryl methyl sites for hydroxylation is 1. The van der Waals surface area contributed by atoms with Gasteiger partial charge in [0.15, 0.2) is 5.16 Å². The molecule has 0 aliphatic heterocycles. The fourth-order valence-corrected chi connectivity index (χ4v) is 2.95. The number of thioether (sulfide) groups is 1. The van der Waals surface area contributed by atoms with Crippen LogP contribution in [0.2, 0.25) is 0 Å². The predicted octanol–water partition coefficient (Wildman–Crippen LogP) is 3.35. The van der Waals surface area contributed by atoms with E-state index in [4.69, 9.17) is 0 Å². The van der Waals surface area contributed by atoms with Gasteiger partial charge in [-0.05, 0) is 31.2 Å². The van der Waals surface area contributed by atoms with Crippen LogP contribution in [0.25, 0.3) is 0 Å². The summed E-state index contributed by atoms with van der Waals surface area (Å²) in [7, 11) is 0. The monoisotopic (exact) mass is 368 g/mol. The van der Waals surface area contributed by atoms with Gasteiger partial charge in [0, 0.05) is 23.1 Å². The highest BCUT2D eigenvalue weighted by Crippen LogP contribution is 2.18. The molecule has 0 saturated carbocycles. The molecule has 112 valence electrons. The molecular weight excluding hydrogens is 352 g/mol. The summed E-state index contributed by atoms with van der Waals surface area (Å²) in [6.45, 7) is 4.91. The number of anilines is 1. The molecule has 0 aliphatic carbocycles. The third-order valence-electron chi connectivity index (χ3n) is 2.89. The van der Waals surface area contributed by atoms with Gasteiger partial charge in [0.1, 0.15) is 5.82 Å². The van der Waals surface area contributed by atoms with Crippen molar-refractivity contribution >= 4 is 39.3 Å². The van der Waals surface area contributed by atoms with Crippen LogP contribution < -0.4 is 5.32 Å². The Morgan fingerprint density at radius 2 is 2.00 bits per heavy atom. The maximum atomic E-state index is 11.9.